The zero-order valence-corrected chi connectivity index (χ0v) is 27.0. The molecule has 0 atom stereocenters. The largest absolute Gasteiger partial charge is 0.444 e. The van der Waals surface area contributed by atoms with E-state index >= 15 is 0 Å². The second-order valence-electron chi connectivity index (χ2n) is 12.2. The zero-order chi connectivity index (χ0) is 34.9. The van der Waals surface area contributed by atoms with Gasteiger partial charge in [0.15, 0.2) is 0 Å². The van der Waals surface area contributed by atoms with E-state index in [9.17, 15) is 31.9 Å². The van der Waals surface area contributed by atoms with Crippen LogP contribution < -0.4 is 16.0 Å². The normalized spacial score (nSPS) is 13.8. The fourth-order valence-corrected chi connectivity index (χ4v) is 4.88. The Morgan fingerprint density at radius 2 is 1.54 bits per heavy atom. The van der Waals surface area contributed by atoms with E-state index in [0.29, 0.717) is 60.8 Å². The predicted molar refractivity (Wildman–Crippen MR) is 173 cm³/mol. The van der Waals surface area contributed by atoms with Gasteiger partial charge in [-0.1, -0.05) is 24.3 Å². The number of hydrogen-bond donors (Lipinski definition) is 3. The summed E-state index contributed by atoms with van der Waals surface area (Å²) >= 11 is 0. The van der Waals surface area contributed by atoms with Crippen LogP contribution in [0.1, 0.15) is 48.7 Å². The SMILES string of the molecule is CC(C)(C)OC(=O)Nc1ccccc1NC(=O)c1ccc(CN(CCCN2CCOCC2)C(=O)Nc2ccc(F)c(C(F)(F)F)c2)cc1. The Morgan fingerprint density at radius 3 is 2.17 bits per heavy atom. The maximum absolute atomic E-state index is 13.8. The minimum atomic E-state index is -4.92. The molecule has 0 aromatic heterocycles. The molecule has 1 fully saturated rings. The highest BCUT2D eigenvalue weighted by Crippen LogP contribution is 2.33. The molecule has 4 amide bonds. The van der Waals surface area contributed by atoms with Gasteiger partial charge < -0.3 is 25.0 Å². The number of hydrogen-bond acceptors (Lipinski definition) is 6. The van der Waals surface area contributed by atoms with E-state index in [1.54, 1.807) is 69.3 Å². The number of rotatable bonds is 10. The molecule has 1 heterocycles. The van der Waals surface area contributed by atoms with Crippen LogP contribution in [0.2, 0.25) is 0 Å². The van der Waals surface area contributed by atoms with Crippen LogP contribution in [0.4, 0.5) is 44.2 Å². The number of amides is 4. The molecule has 3 aromatic rings. The first kappa shape index (κ1) is 36.2. The van der Waals surface area contributed by atoms with Gasteiger partial charge in [-0.3, -0.25) is 15.0 Å². The number of morpholine rings is 1. The zero-order valence-electron chi connectivity index (χ0n) is 27.0. The monoisotopic (exact) mass is 673 g/mol. The highest BCUT2D eigenvalue weighted by molar-refractivity contribution is 6.06. The Balaban J connectivity index is 1.44. The maximum atomic E-state index is 13.8. The molecule has 1 saturated heterocycles. The van der Waals surface area contributed by atoms with Gasteiger partial charge in [0.25, 0.3) is 5.91 Å². The molecule has 0 aliphatic carbocycles. The van der Waals surface area contributed by atoms with Crippen LogP contribution in [-0.4, -0.2) is 72.8 Å². The van der Waals surface area contributed by atoms with Gasteiger partial charge in [-0.15, -0.1) is 0 Å². The van der Waals surface area contributed by atoms with Crippen molar-refractivity contribution < 1.29 is 41.4 Å². The summed E-state index contributed by atoms with van der Waals surface area (Å²) in [6, 6.07) is 14.8. The van der Waals surface area contributed by atoms with Crippen LogP contribution in [0.5, 0.6) is 0 Å². The third-order valence-electron chi connectivity index (χ3n) is 7.22. The molecule has 1 aliphatic rings. The van der Waals surface area contributed by atoms with Crippen molar-refractivity contribution in [2.24, 2.45) is 0 Å². The van der Waals surface area contributed by atoms with Gasteiger partial charge in [-0.25, -0.2) is 14.0 Å². The van der Waals surface area contributed by atoms with Crippen molar-refractivity contribution in [3.63, 3.8) is 0 Å². The van der Waals surface area contributed by atoms with E-state index in [4.69, 9.17) is 9.47 Å². The molecule has 48 heavy (non-hydrogen) atoms. The Bertz CT molecular complexity index is 1570. The second kappa shape index (κ2) is 15.9. The van der Waals surface area contributed by atoms with E-state index in [2.05, 4.69) is 20.9 Å². The summed E-state index contributed by atoms with van der Waals surface area (Å²) in [6.45, 7) is 9.00. The van der Waals surface area contributed by atoms with Crippen molar-refractivity contribution in [1.29, 1.82) is 0 Å². The predicted octanol–water partition coefficient (Wildman–Crippen LogP) is 7.20. The van der Waals surface area contributed by atoms with Crippen molar-refractivity contribution >= 4 is 35.1 Å². The van der Waals surface area contributed by atoms with Gasteiger partial charge in [-0.2, -0.15) is 13.2 Å². The molecule has 10 nitrogen and oxygen atoms in total. The molecule has 3 aromatic carbocycles. The molecular formula is C34H39F4N5O5. The van der Waals surface area contributed by atoms with Crippen LogP contribution >= 0.6 is 0 Å². The number of urea groups is 1. The summed E-state index contributed by atoms with van der Waals surface area (Å²) in [6.07, 6.45) is -5.01. The van der Waals surface area contributed by atoms with Crippen molar-refractivity contribution in [3.05, 3.63) is 89.2 Å². The third-order valence-corrected chi connectivity index (χ3v) is 7.22. The smallest absolute Gasteiger partial charge is 0.419 e. The van der Waals surface area contributed by atoms with Crippen molar-refractivity contribution in [3.8, 4) is 0 Å². The average Bonchev–Trinajstić information content (AvgIpc) is 3.02. The molecule has 1 aliphatic heterocycles. The first-order valence-electron chi connectivity index (χ1n) is 15.4. The van der Waals surface area contributed by atoms with Gasteiger partial charge in [0.1, 0.15) is 11.4 Å². The molecular weight excluding hydrogens is 634 g/mol. The number of nitrogens with one attached hydrogen (secondary N) is 3. The van der Waals surface area contributed by atoms with E-state index in [1.807, 2.05) is 0 Å². The van der Waals surface area contributed by atoms with E-state index < -0.39 is 41.2 Å². The van der Waals surface area contributed by atoms with E-state index in [0.717, 1.165) is 19.2 Å². The second-order valence-corrected chi connectivity index (χ2v) is 12.2. The van der Waals surface area contributed by atoms with Crippen LogP contribution in [-0.2, 0) is 22.2 Å². The summed E-state index contributed by atoms with van der Waals surface area (Å²) in [4.78, 5) is 42.3. The number of para-hydroxylation sites is 2. The van der Waals surface area contributed by atoms with Gasteiger partial charge >= 0.3 is 18.3 Å². The number of anilines is 3. The molecule has 0 bridgehead atoms. The van der Waals surface area contributed by atoms with Gasteiger partial charge in [-0.05, 0) is 75.2 Å². The number of carbonyl (C=O) groups excluding carboxylic acids is 3. The number of halogens is 4. The summed E-state index contributed by atoms with van der Waals surface area (Å²) in [5.41, 5.74) is -0.707. The van der Waals surface area contributed by atoms with Gasteiger partial charge in [0, 0.05) is 44.0 Å². The number of carbonyl (C=O) groups is 3. The summed E-state index contributed by atoms with van der Waals surface area (Å²) in [5.74, 6) is -1.88. The molecule has 0 unspecified atom stereocenters. The van der Waals surface area contributed by atoms with Gasteiger partial charge in [0.2, 0.25) is 0 Å². The minimum absolute atomic E-state index is 0.0901. The van der Waals surface area contributed by atoms with E-state index in [1.165, 1.54) is 4.90 Å². The van der Waals surface area contributed by atoms with Crippen molar-refractivity contribution in [1.82, 2.24) is 9.80 Å². The van der Waals surface area contributed by atoms with Crippen molar-refractivity contribution in [2.45, 2.75) is 45.5 Å². The third kappa shape index (κ3) is 10.9. The van der Waals surface area contributed by atoms with Crippen molar-refractivity contribution in [2.75, 3.05) is 55.3 Å². The Hall–Kier alpha value is -4.69. The Morgan fingerprint density at radius 1 is 0.896 bits per heavy atom. The van der Waals surface area contributed by atoms with Crippen LogP contribution in [0, 0.1) is 5.82 Å². The summed E-state index contributed by atoms with van der Waals surface area (Å²) in [7, 11) is 0. The van der Waals surface area contributed by atoms with Crippen LogP contribution in [0.15, 0.2) is 66.7 Å². The molecule has 258 valence electrons. The molecule has 14 heteroatoms. The summed E-state index contributed by atoms with van der Waals surface area (Å²) < 4.78 is 64.3. The highest BCUT2D eigenvalue weighted by Gasteiger charge is 2.34. The Labute approximate surface area is 276 Å². The molecule has 0 saturated carbocycles. The highest BCUT2D eigenvalue weighted by atomic mass is 19.4. The number of alkyl halides is 3. The fourth-order valence-electron chi connectivity index (χ4n) is 4.88. The number of ether oxygens (including phenoxy) is 2. The van der Waals surface area contributed by atoms with Crippen LogP contribution in [0.25, 0.3) is 0 Å². The lowest BCUT2D eigenvalue weighted by Gasteiger charge is -2.28. The topological polar surface area (TPSA) is 112 Å². The quantitative estimate of drug-likeness (QED) is 0.196. The van der Waals surface area contributed by atoms with Crippen LogP contribution in [0.3, 0.4) is 0 Å². The summed E-state index contributed by atoms with van der Waals surface area (Å²) in [5, 5.41) is 7.87. The first-order chi connectivity index (χ1) is 22.7. The lowest BCUT2D eigenvalue weighted by molar-refractivity contribution is -0.139. The molecule has 3 N–H and O–H groups in total. The average molecular weight is 674 g/mol. The fraction of sp³-hybridized carbons (Fsp3) is 0.382. The number of nitrogens with zero attached hydrogens (tertiary/aromatic N) is 2. The first-order valence-corrected chi connectivity index (χ1v) is 15.4. The van der Waals surface area contributed by atoms with E-state index in [-0.39, 0.29) is 18.8 Å². The lowest BCUT2D eigenvalue weighted by atomic mass is 10.1. The lowest BCUT2D eigenvalue weighted by Crippen LogP contribution is -2.40. The molecule has 4 rings (SSSR count). The maximum Gasteiger partial charge on any atom is 0.419 e. The Kier molecular flexibility index (Phi) is 12.0. The minimum Gasteiger partial charge on any atom is -0.444 e. The molecule has 0 radical (unpaired) electrons. The number of benzene rings is 3. The standard InChI is InChI=1S/C34H39F4N5O5/c1-33(2,3)48-32(46)41-29-8-5-4-7-28(29)40-30(44)24-11-9-23(10-12-24)22-43(16-6-15-42-17-19-47-20-18-42)31(45)39-25-13-14-27(35)26(21-25)34(36,37)38/h4-5,7-14,21H,6,15-20,22H2,1-3H3,(H,39,45)(H,40,44)(H,41,46). The molecule has 0 spiro atoms. The van der Waals surface area contributed by atoms with Gasteiger partial charge in [0.05, 0.1) is 30.2 Å².